The summed E-state index contributed by atoms with van der Waals surface area (Å²) in [6.07, 6.45) is 0. The van der Waals surface area contributed by atoms with Crippen molar-refractivity contribution in [2.75, 3.05) is 10.6 Å². The lowest BCUT2D eigenvalue weighted by Crippen LogP contribution is -2.31. The normalized spacial score (nSPS) is 15.5. The Hall–Kier alpha value is -3.93. The second-order valence-electron chi connectivity index (χ2n) is 7.68. The van der Waals surface area contributed by atoms with Crippen LogP contribution in [0.15, 0.2) is 84.1 Å². The number of aryl methyl sites for hydroxylation is 1. The van der Waals surface area contributed by atoms with Gasteiger partial charge in [0.25, 0.3) is 5.91 Å². The number of hydrogen-bond acceptors (Lipinski definition) is 3. The summed E-state index contributed by atoms with van der Waals surface area (Å²) < 4.78 is 15.7. The van der Waals surface area contributed by atoms with Crippen LogP contribution in [0.25, 0.3) is 11.0 Å². The molecule has 1 aliphatic heterocycles. The molecule has 0 aliphatic carbocycles. The van der Waals surface area contributed by atoms with Gasteiger partial charge in [0.15, 0.2) is 0 Å². The zero-order valence-electron chi connectivity index (χ0n) is 17.2. The molecule has 1 unspecified atom stereocenters. The number of carbonyl (C=O) groups is 1. The Morgan fingerprint density at radius 3 is 2.48 bits per heavy atom. The van der Waals surface area contributed by atoms with E-state index in [0.717, 1.165) is 27.8 Å². The van der Waals surface area contributed by atoms with Gasteiger partial charge in [-0.25, -0.2) is 9.37 Å². The highest BCUT2D eigenvalue weighted by molar-refractivity contribution is 6.06. The van der Waals surface area contributed by atoms with Crippen molar-refractivity contribution >= 4 is 28.6 Å². The van der Waals surface area contributed by atoms with Gasteiger partial charge in [0, 0.05) is 11.4 Å². The van der Waals surface area contributed by atoms with Crippen LogP contribution < -0.4 is 10.6 Å². The van der Waals surface area contributed by atoms with E-state index in [9.17, 15) is 9.18 Å². The third-order valence-corrected chi connectivity index (χ3v) is 5.65. The lowest BCUT2D eigenvalue weighted by Gasteiger charge is -2.31. The quantitative estimate of drug-likeness (QED) is 0.473. The van der Waals surface area contributed by atoms with Gasteiger partial charge in [-0.1, -0.05) is 42.5 Å². The highest BCUT2D eigenvalue weighted by Gasteiger charge is 2.34. The van der Waals surface area contributed by atoms with Gasteiger partial charge >= 0.3 is 0 Å². The Balaban J connectivity index is 1.67. The van der Waals surface area contributed by atoms with E-state index in [1.54, 1.807) is 12.1 Å². The van der Waals surface area contributed by atoms with Gasteiger partial charge in [-0.3, -0.25) is 9.36 Å². The summed E-state index contributed by atoms with van der Waals surface area (Å²) in [5, 5.41) is 6.34. The fraction of sp³-hybridized carbons (Fsp3) is 0.120. The Labute approximate surface area is 179 Å². The minimum absolute atomic E-state index is 0.211. The second-order valence-corrected chi connectivity index (χ2v) is 7.68. The van der Waals surface area contributed by atoms with Gasteiger partial charge < -0.3 is 10.6 Å². The van der Waals surface area contributed by atoms with E-state index in [0.29, 0.717) is 17.2 Å². The first kappa shape index (κ1) is 19.1. The monoisotopic (exact) mass is 412 g/mol. The summed E-state index contributed by atoms with van der Waals surface area (Å²) in [5.41, 5.74) is 5.53. The molecular weight excluding hydrogens is 391 g/mol. The molecule has 3 aromatic carbocycles. The Kier molecular flexibility index (Phi) is 4.55. The average molecular weight is 412 g/mol. The first-order valence-corrected chi connectivity index (χ1v) is 10.1. The Morgan fingerprint density at radius 2 is 1.71 bits per heavy atom. The average Bonchev–Trinajstić information content (AvgIpc) is 3.13. The smallest absolute Gasteiger partial charge is 0.255 e. The first-order chi connectivity index (χ1) is 15.0. The topological polar surface area (TPSA) is 59.0 Å². The maximum Gasteiger partial charge on any atom is 0.255 e. The molecule has 6 heteroatoms. The summed E-state index contributed by atoms with van der Waals surface area (Å²) in [4.78, 5) is 18.2. The molecule has 5 rings (SSSR count). The minimum Gasteiger partial charge on any atom is -0.329 e. The van der Waals surface area contributed by atoms with E-state index in [4.69, 9.17) is 4.98 Å². The molecule has 1 amide bonds. The lowest BCUT2D eigenvalue weighted by molar-refractivity contribution is -0.113. The zero-order chi connectivity index (χ0) is 21.5. The van der Waals surface area contributed by atoms with Crippen LogP contribution in [-0.4, -0.2) is 15.5 Å². The van der Waals surface area contributed by atoms with Crippen molar-refractivity contribution < 1.29 is 9.18 Å². The predicted octanol–water partition coefficient (Wildman–Crippen LogP) is 5.41. The van der Waals surface area contributed by atoms with Gasteiger partial charge in [0.2, 0.25) is 5.95 Å². The number of anilines is 2. The largest absolute Gasteiger partial charge is 0.329 e. The highest BCUT2D eigenvalue weighted by atomic mass is 19.1. The van der Waals surface area contributed by atoms with Crippen molar-refractivity contribution in [3.63, 3.8) is 0 Å². The molecule has 154 valence electrons. The molecule has 0 saturated carbocycles. The lowest BCUT2D eigenvalue weighted by atomic mass is 9.94. The number of amides is 1. The van der Waals surface area contributed by atoms with E-state index in [1.165, 1.54) is 12.1 Å². The SMILES string of the molecule is CC1=C(C(=O)Nc2ccccc2C)C(c2ccc(F)cc2)n2c(nc3ccccc32)N1. The number of para-hydroxylation sites is 3. The number of aromatic nitrogens is 2. The van der Waals surface area contributed by atoms with Crippen molar-refractivity contribution in [2.45, 2.75) is 19.9 Å². The van der Waals surface area contributed by atoms with Crippen LogP contribution in [0, 0.1) is 12.7 Å². The van der Waals surface area contributed by atoms with Crippen LogP contribution >= 0.6 is 0 Å². The first-order valence-electron chi connectivity index (χ1n) is 10.1. The van der Waals surface area contributed by atoms with Gasteiger partial charge in [0.1, 0.15) is 5.82 Å². The molecule has 2 N–H and O–H groups in total. The summed E-state index contributed by atoms with van der Waals surface area (Å²) in [6.45, 7) is 3.82. The number of hydrogen-bond donors (Lipinski definition) is 2. The Bertz CT molecular complexity index is 1340. The molecule has 2 heterocycles. The fourth-order valence-electron chi connectivity index (χ4n) is 4.12. The van der Waals surface area contributed by atoms with Gasteiger partial charge in [-0.15, -0.1) is 0 Å². The molecule has 1 aromatic heterocycles. The molecule has 1 atom stereocenters. The second kappa shape index (κ2) is 7.40. The number of nitrogens with zero attached hydrogens (tertiary/aromatic N) is 2. The molecule has 5 nitrogen and oxygen atoms in total. The van der Waals surface area contributed by atoms with E-state index < -0.39 is 6.04 Å². The molecule has 0 saturated heterocycles. The number of imidazole rings is 1. The molecule has 1 aliphatic rings. The maximum atomic E-state index is 13.7. The van der Waals surface area contributed by atoms with Crippen molar-refractivity contribution in [3.05, 3.63) is 101 Å². The number of allylic oxidation sites excluding steroid dienone is 1. The van der Waals surface area contributed by atoms with Crippen LogP contribution in [0.4, 0.5) is 16.0 Å². The van der Waals surface area contributed by atoms with E-state index >= 15 is 0 Å². The van der Waals surface area contributed by atoms with E-state index in [1.807, 2.05) is 66.9 Å². The van der Waals surface area contributed by atoms with Crippen molar-refractivity contribution in [1.29, 1.82) is 0 Å². The standard InChI is InChI=1S/C25H21FN4O/c1-15-7-3-4-8-19(15)28-24(31)22-16(2)27-25-29-20-9-5-6-10-21(20)30(25)23(22)17-11-13-18(26)14-12-17/h3-14,23H,1-2H3,(H,27,29)(H,28,31). The third-order valence-electron chi connectivity index (χ3n) is 5.65. The van der Waals surface area contributed by atoms with Gasteiger partial charge in [-0.05, 0) is 55.3 Å². The Morgan fingerprint density at radius 1 is 1.00 bits per heavy atom. The fourth-order valence-corrected chi connectivity index (χ4v) is 4.12. The molecule has 4 aromatic rings. The summed E-state index contributed by atoms with van der Waals surface area (Å²) in [7, 11) is 0. The number of nitrogens with one attached hydrogen (secondary N) is 2. The van der Waals surface area contributed by atoms with Crippen LogP contribution in [0.1, 0.15) is 24.1 Å². The molecule has 31 heavy (non-hydrogen) atoms. The van der Waals surface area contributed by atoms with Crippen LogP contribution in [0.5, 0.6) is 0 Å². The molecular formula is C25H21FN4O. The summed E-state index contributed by atoms with van der Waals surface area (Å²) in [6, 6.07) is 21.3. The number of carbonyl (C=O) groups excluding carboxylic acids is 1. The zero-order valence-corrected chi connectivity index (χ0v) is 17.2. The highest BCUT2D eigenvalue weighted by Crippen LogP contribution is 2.39. The molecule has 0 radical (unpaired) electrons. The summed E-state index contributed by atoms with van der Waals surface area (Å²) >= 11 is 0. The van der Waals surface area contributed by atoms with Crippen molar-refractivity contribution in [2.24, 2.45) is 0 Å². The maximum absolute atomic E-state index is 13.7. The number of rotatable bonds is 3. The van der Waals surface area contributed by atoms with Crippen molar-refractivity contribution in [1.82, 2.24) is 9.55 Å². The third kappa shape index (κ3) is 3.26. The van der Waals surface area contributed by atoms with Crippen molar-refractivity contribution in [3.8, 4) is 0 Å². The van der Waals surface area contributed by atoms with Crippen LogP contribution in [0.2, 0.25) is 0 Å². The van der Waals surface area contributed by atoms with Crippen LogP contribution in [-0.2, 0) is 4.79 Å². The van der Waals surface area contributed by atoms with Gasteiger partial charge in [0.05, 0.1) is 22.6 Å². The predicted molar refractivity (Wildman–Crippen MR) is 120 cm³/mol. The van der Waals surface area contributed by atoms with E-state index in [2.05, 4.69) is 10.6 Å². The number of halogens is 1. The molecule has 0 spiro atoms. The minimum atomic E-state index is -0.451. The summed E-state index contributed by atoms with van der Waals surface area (Å²) in [5.74, 6) is 0.123. The number of benzene rings is 3. The molecule has 0 bridgehead atoms. The number of fused-ring (bicyclic) bond motifs is 3. The molecule has 0 fully saturated rings. The van der Waals surface area contributed by atoms with Gasteiger partial charge in [-0.2, -0.15) is 0 Å². The van der Waals surface area contributed by atoms with E-state index in [-0.39, 0.29) is 11.7 Å². The van der Waals surface area contributed by atoms with Crippen LogP contribution in [0.3, 0.4) is 0 Å².